The Labute approximate surface area is 95.4 Å². The molecule has 2 rings (SSSR count). The lowest BCUT2D eigenvalue weighted by molar-refractivity contribution is -0.141. The zero-order valence-electron chi connectivity index (χ0n) is 8.79. The Kier molecular flexibility index (Phi) is 3.01. The van der Waals surface area contributed by atoms with Crippen LogP contribution in [0.5, 0.6) is 0 Å². The van der Waals surface area contributed by atoms with Crippen LogP contribution in [0.25, 0.3) is 0 Å². The molecule has 0 spiro atoms. The summed E-state index contributed by atoms with van der Waals surface area (Å²) in [6.45, 7) is 1.25. The molecule has 92 valence electrons. The number of rotatable bonds is 1. The van der Waals surface area contributed by atoms with Gasteiger partial charge in [-0.2, -0.15) is 13.2 Å². The highest BCUT2D eigenvalue weighted by Gasteiger charge is 2.32. The number of nitrogens with zero attached hydrogens (tertiary/aromatic N) is 2. The molecular weight excluding hydrogens is 235 g/mol. The van der Waals surface area contributed by atoms with Gasteiger partial charge in [0.1, 0.15) is 5.69 Å². The molecule has 0 bridgehead atoms. The summed E-state index contributed by atoms with van der Waals surface area (Å²) in [6.07, 6.45) is -3.38. The van der Waals surface area contributed by atoms with Gasteiger partial charge >= 0.3 is 6.18 Å². The molecule has 4 nitrogen and oxygen atoms in total. The van der Waals surface area contributed by atoms with Gasteiger partial charge in [0.25, 0.3) is 0 Å². The molecule has 1 aliphatic heterocycles. The maximum Gasteiger partial charge on any atom is 0.433 e. The van der Waals surface area contributed by atoms with E-state index < -0.39 is 11.9 Å². The van der Waals surface area contributed by atoms with Gasteiger partial charge in [0.15, 0.2) is 0 Å². The number of alkyl halides is 3. The molecule has 0 radical (unpaired) electrons. The first kappa shape index (κ1) is 11.8. The van der Waals surface area contributed by atoms with E-state index in [2.05, 4.69) is 10.3 Å². The van der Waals surface area contributed by atoms with Crippen molar-refractivity contribution in [2.45, 2.75) is 6.18 Å². The number of pyridine rings is 1. The monoisotopic (exact) mass is 245 g/mol. The van der Waals surface area contributed by atoms with Crippen LogP contribution in [-0.4, -0.2) is 30.5 Å². The van der Waals surface area contributed by atoms with E-state index in [1.54, 1.807) is 0 Å². The third kappa shape index (κ3) is 2.55. The average Bonchev–Trinajstić information content (AvgIpc) is 2.29. The Morgan fingerprint density at radius 2 is 2.12 bits per heavy atom. The Morgan fingerprint density at radius 3 is 2.65 bits per heavy atom. The van der Waals surface area contributed by atoms with Crippen LogP contribution in [0, 0.1) is 0 Å². The Hall–Kier alpha value is -1.63. The summed E-state index contributed by atoms with van der Waals surface area (Å²) in [7, 11) is 0. The third-order valence-corrected chi connectivity index (χ3v) is 2.44. The van der Waals surface area contributed by atoms with Gasteiger partial charge in [-0.05, 0) is 12.1 Å². The fourth-order valence-corrected chi connectivity index (χ4v) is 1.59. The summed E-state index contributed by atoms with van der Waals surface area (Å²) < 4.78 is 36.9. The van der Waals surface area contributed by atoms with Crippen LogP contribution in [0.2, 0.25) is 0 Å². The second kappa shape index (κ2) is 4.33. The highest BCUT2D eigenvalue weighted by Crippen LogP contribution is 2.28. The van der Waals surface area contributed by atoms with Crippen molar-refractivity contribution in [2.75, 3.05) is 24.5 Å². The minimum absolute atomic E-state index is 0.169. The van der Waals surface area contributed by atoms with Crippen molar-refractivity contribution in [1.82, 2.24) is 10.3 Å². The first-order valence-electron chi connectivity index (χ1n) is 5.03. The van der Waals surface area contributed by atoms with E-state index in [4.69, 9.17) is 0 Å². The maximum absolute atomic E-state index is 12.3. The predicted molar refractivity (Wildman–Crippen MR) is 54.5 cm³/mol. The van der Waals surface area contributed by atoms with Gasteiger partial charge in [0.2, 0.25) is 5.91 Å². The smallest absolute Gasteiger partial charge is 0.309 e. The van der Waals surface area contributed by atoms with Gasteiger partial charge in [-0.1, -0.05) is 0 Å². The molecule has 1 fully saturated rings. The molecule has 1 N–H and O–H groups in total. The fraction of sp³-hybridized carbons (Fsp3) is 0.400. The summed E-state index contributed by atoms with van der Waals surface area (Å²) >= 11 is 0. The summed E-state index contributed by atoms with van der Waals surface area (Å²) in [6, 6.07) is 2.14. The van der Waals surface area contributed by atoms with Crippen LogP contribution in [0.4, 0.5) is 18.9 Å². The fourth-order valence-electron chi connectivity index (χ4n) is 1.59. The lowest BCUT2D eigenvalue weighted by atomic mass is 10.2. The van der Waals surface area contributed by atoms with Crippen molar-refractivity contribution in [1.29, 1.82) is 0 Å². The van der Waals surface area contributed by atoms with Gasteiger partial charge < -0.3 is 10.2 Å². The molecule has 0 unspecified atom stereocenters. The number of halogens is 3. The number of hydrogen-bond donors (Lipinski definition) is 1. The second-order valence-corrected chi connectivity index (χ2v) is 3.62. The molecular formula is C10H10F3N3O. The van der Waals surface area contributed by atoms with Crippen LogP contribution in [0.15, 0.2) is 18.3 Å². The lowest BCUT2D eigenvalue weighted by Gasteiger charge is -2.27. The van der Waals surface area contributed by atoms with E-state index in [1.807, 2.05) is 0 Å². The van der Waals surface area contributed by atoms with Crippen molar-refractivity contribution < 1.29 is 18.0 Å². The number of aromatic nitrogens is 1. The van der Waals surface area contributed by atoms with E-state index in [0.717, 1.165) is 12.3 Å². The van der Waals surface area contributed by atoms with Gasteiger partial charge in [0, 0.05) is 13.1 Å². The van der Waals surface area contributed by atoms with E-state index in [9.17, 15) is 18.0 Å². The molecule has 7 heteroatoms. The van der Waals surface area contributed by atoms with Crippen molar-refractivity contribution in [3.63, 3.8) is 0 Å². The predicted octanol–water partition coefficient (Wildman–Crippen LogP) is 1.04. The molecule has 1 aromatic heterocycles. The molecule has 1 saturated heterocycles. The number of hydrogen-bond acceptors (Lipinski definition) is 3. The molecule has 1 amide bonds. The molecule has 0 aromatic carbocycles. The zero-order valence-corrected chi connectivity index (χ0v) is 8.79. The van der Waals surface area contributed by atoms with Gasteiger partial charge in [-0.25, -0.2) is 4.98 Å². The van der Waals surface area contributed by atoms with E-state index >= 15 is 0 Å². The highest BCUT2D eigenvalue weighted by atomic mass is 19.4. The topological polar surface area (TPSA) is 45.2 Å². The van der Waals surface area contributed by atoms with Crippen LogP contribution in [0.3, 0.4) is 0 Å². The molecule has 1 aromatic rings. The minimum atomic E-state index is -4.45. The molecule has 0 aliphatic carbocycles. The molecule has 1 aliphatic rings. The molecule has 2 heterocycles. The number of nitrogens with one attached hydrogen (secondary N) is 1. The van der Waals surface area contributed by atoms with Crippen molar-refractivity contribution in [3.05, 3.63) is 24.0 Å². The zero-order chi connectivity index (χ0) is 12.5. The van der Waals surface area contributed by atoms with Crippen molar-refractivity contribution >= 4 is 11.6 Å². The van der Waals surface area contributed by atoms with Crippen LogP contribution in [-0.2, 0) is 11.0 Å². The normalized spacial score (nSPS) is 17.4. The lowest BCUT2D eigenvalue weighted by Crippen LogP contribution is -2.48. The second-order valence-electron chi connectivity index (χ2n) is 3.62. The number of amides is 1. The van der Waals surface area contributed by atoms with Crippen LogP contribution in [0.1, 0.15) is 5.69 Å². The summed E-state index contributed by atoms with van der Waals surface area (Å²) in [5.74, 6) is -0.169. The molecule has 17 heavy (non-hydrogen) atoms. The van der Waals surface area contributed by atoms with Gasteiger partial charge in [-0.3, -0.25) is 4.79 Å². The van der Waals surface area contributed by atoms with Crippen LogP contribution < -0.4 is 10.2 Å². The van der Waals surface area contributed by atoms with Gasteiger partial charge in [0.05, 0.1) is 18.4 Å². The third-order valence-electron chi connectivity index (χ3n) is 2.44. The van der Waals surface area contributed by atoms with E-state index in [1.165, 1.54) is 11.0 Å². The number of carbonyl (C=O) groups excluding carboxylic acids is 1. The van der Waals surface area contributed by atoms with Crippen LogP contribution >= 0.6 is 0 Å². The summed E-state index contributed by atoms with van der Waals surface area (Å²) in [5.41, 5.74) is -0.562. The SMILES string of the molecule is O=C1CNCCN1c1ccc(C(F)(F)F)nc1. The summed E-state index contributed by atoms with van der Waals surface area (Å²) in [4.78, 5) is 16.2. The van der Waals surface area contributed by atoms with Crippen molar-refractivity contribution in [2.24, 2.45) is 0 Å². The quantitative estimate of drug-likeness (QED) is 0.804. The Balaban J connectivity index is 2.20. The number of carbonyl (C=O) groups is 1. The Bertz CT molecular complexity index is 416. The standard InChI is InChI=1S/C10H10F3N3O/c11-10(12,13)8-2-1-7(5-15-8)16-4-3-14-6-9(16)17/h1-2,5,14H,3-4,6H2. The highest BCUT2D eigenvalue weighted by molar-refractivity contribution is 5.95. The van der Waals surface area contributed by atoms with Crippen molar-refractivity contribution in [3.8, 4) is 0 Å². The Morgan fingerprint density at radius 1 is 1.35 bits per heavy atom. The van der Waals surface area contributed by atoms with Gasteiger partial charge in [-0.15, -0.1) is 0 Å². The van der Waals surface area contributed by atoms with E-state index in [-0.39, 0.29) is 12.5 Å². The summed E-state index contributed by atoms with van der Waals surface area (Å²) in [5, 5.41) is 2.88. The molecule has 0 atom stereocenters. The minimum Gasteiger partial charge on any atom is -0.309 e. The number of anilines is 1. The number of piperazine rings is 1. The molecule has 0 saturated carbocycles. The average molecular weight is 245 g/mol. The first-order valence-corrected chi connectivity index (χ1v) is 5.03. The van der Waals surface area contributed by atoms with E-state index in [0.29, 0.717) is 18.8 Å². The largest absolute Gasteiger partial charge is 0.433 e. The first-order chi connectivity index (χ1) is 7.98. The maximum atomic E-state index is 12.3.